The number of nitrogens with zero attached hydrogens (tertiary/aromatic N) is 3. The van der Waals surface area contributed by atoms with Crippen molar-refractivity contribution in [3.05, 3.63) is 39.8 Å². The van der Waals surface area contributed by atoms with Crippen LogP contribution in [0, 0.1) is 29.6 Å². The van der Waals surface area contributed by atoms with E-state index in [9.17, 15) is 38.4 Å². The molecule has 4 amide bonds. The highest BCUT2D eigenvalue weighted by Gasteiger charge is 2.38. The molecular formula is C58H84N6O16S. The van der Waals surface area contributed by atoms with E-state index in [0.717, 1.165) is 44.2 Å². The van der Waals surface area contributed by atoms with Gasteiger partial charge in [-0.2, -0.15) is 9.59 Å². The summed E-state index contributed by atoms with van der Waals surface area (Å²) in [5, 5.41) is 10.5. The molecule has 0 spiro atoms. The fraction of sp³-hybridized carbons (Fsp3) is 0.655. The van der Waals surface area contributed by atoms with E-state index >= 15 is 0 Å². The van der Waals surface area contributed by atoms with Gasteiger partial charge in [0.1, 0.15) is 10.7 Å². The number of anilines is 1. The first-order valence-electron chi connectivity index (χ1n) is 28.0. The number of carbonyl (C=O) groups is 8. The van der Waals surface area contributed by atoms with Gasteiger partial charge in [0.15, 0.2) is 17.6 Å². The van der Waals surface area contributed by atoms with E-state index in [1.54, 1.807) is 35.5 Å². The van der Waals surface area contributed by atoms with Gasteiger partial charge in [0, 0.05) is 75.7 Å². The topological polar surface area (TPSA) is 282 Å². The molecule has 0 aliphatic carbocycles. The number of ketones is 2. The molecule has 0 saturated carbocycles. The zero-order chi connectivity index (χ0) is 59.7. The Bertz CT molecular complexity index is 2450. The number of fused-ring (bicyclic) bond motifs is 1. The fourth-order valence-electron chi connectivity index (χ4n) is 9.28. The highest BCUT2D eigenvalue weighted by Crippen LogP contribution is 2.33. The van der Waals surface area contributed by atoms with Gasteiger partial charge in [-0.25, -0.2) is 4.98 Å². The van der Waals surface area contributed by atoms with Crippen molar-refractivity contribution in [2.75, 3.05) is 85.4 Å². The van der Waals surface area contributed by atoms with Crippen molar-refractivity contribution in [3.63, 3.8) is 0 Å². The van der Waals surface area contributed by atoms with E-state index < -0.39 is 47.7 Å². The van der Waals surface area contributed by atoms with Gasteiger partial charge in [0.05, 0.1) is 70.8 Å². The predicted molar refractivity (Wildman–Crippen MR) is 299 cm³/mol. The molecule has 2 aromatic rings. The lowest BCUT2D eigenvalue weighted by atomic mass is 9.83. The lowest BCUT2D eigenvalue weighted by Gasteiger charge is -2.37. The summed E-state index contributed by atoms with van der Waals surface area (Å²) in [5.74, 6) is 1.10. The molecule has 0 radical (unpaired) electrons. The minimum atomic E-state index is -0.864. The van der Waals surface area contributed by atoms with E-state index in [2.05, 4.69) is 32.7 Å². The summed E-state index contributed by atoms with van der Waals surface area (Å²) in [7, 11) is 3.73. The normalized spacial score (nSPS) is 19.0. The van der Waals surface area contributed by atoms with Crippen LogP contribution in [0.2, 0.25) is 0 Å². The van der Waals surface area contributed by atoms with Gasteiger partial charge in [-0.1, -0.05) is 59.9 Å². The predicted octanol–water partition coefficient (Wildman–Crippen LogP) is 5.46. The van der Waals surface area contributed by atoms with Crippen LogP contribution in [0.3, 0.4) is 0 Å². The van der Waals surface area contributed by atoms with Crippen LogP contribution in [-0.4, -0.2) is 166 Å². The lowest BCUT2D eigenvalue weighted by molar-refractivity contribution is -0.192. The maximum absolute atomic E-state index is 14.4. The molecule has 0 unspecified atom stereocenters. The molecule has 1 saturated heterocycles. The van der Waals surface area contributed by atoms with Gasteiger partial charge >= 0.3 is 18.1 Å². The van der Waals surface area contributed by atoms with Crippen LogP contribution in [0.15, 0.2) is 23.6 Å². The summed E-state index contributed by atoms with van der Waals surface area (Å²) in [4.78, 5) is 130. The number of thiazole rings is 1. The molecule has 4 rings (SSSR count). The number of rotatable bonds is 18. The Morgan fingerprint density at radius 3 is 2.25 bits per heavy atom. The summed E-state index contributed by atoms with van der Waals surface area (Å²) in [6.07, 6.45) is 5.38. The van der Waals surface area contributed by atoms with Crippen LogP contribution >= 0.6 is 11.3 Å². The number of hydrogen-bond acceptors (Lipinski definition) is 19. The van der Waals surface area contributed by atoms with Crippen LogP contribution in [-0.2, 0) is 73.3 Å². The van der Waals surface area contributed by atoms with Crippen LogP contribution in [0.1, 0.15) is 146 Å². The number of piperidine rings is 1. The molecule has 23 heteroatoms. The van der Waals surface area contributed by atoms with Crippen LogP contribution < -0.4 is 20.7 Å². The van der Waals surface area contributed by atoms with Crippen molar-refractivity contribution in [1.82, 2.24) is 25.4 Å². The smallest absolute Gasteiger partial charge is 0.373 e. The number of esters is 2. The molecule has 2 aliphatic heterocycles. The first-order chi connectivity index (χ1) is 38.8. The summed E-state index contributed by atoms with van der Waals surface area (Å²) in [6.45, 7) is 13.8. The first-order valence-corrected chi connectivity index (χ1v) is 28.9. The summed E-state index contributed by atoms with van der Waals surface area (Å²) >= 11 is 1.19. The Morgan fingerprint density at radius 1 is 0.914 bits per heavy atom. The second kappa shape index (κ2) is 38.5. The molecule has 22 nitrogen and oxygen atoms in total. The Labute approximate surface area is 480 Å². The van der Waals surface area contributed by atoms with Crippen LogP contribution in [0.25, 0.3) is 0 Å². The highest BCUT2D eigenvalue weighted by molar-refractivity contribution is 7.09. The number of ether oxygens (including phenoxy) is 6. The number of benzene rings is 1. The van der Waals surface area contributed by atoms with Crippen LogP contribution in [0.4, 0.5) is 5.69 Å². The Balaban J connectivity index is 0.00000561. The van der Waals surface area contributed by atoms with Gasteiger partial charge in [-0.05, 0) is 81.1 Å². The minimum absolute atomic E-state index is 0.0320. The molecule has 81 heavy (non-hydrogen) atoms. The summed E-state index contributed by atoms with van der Waals surface area (Å²) in [6, 6.07) is 4.07. The number of amides is 4. The van der Waals surface area contributed by atoms with Gasteiger partial charge in [0.2, 0.25) is 17.6 Å². The SMILES string of the molecule is CCC[C@H](Cc1ccc2c(c1)NC(=O)CCOCCOCCNC(=O)C#CC(=O)CCCOCCOCCC(=O)O2)NC(=O)c1csc([C@@H](C[C@H](C(C)C)N(C)C(=O)[C@@H](CC(=O)[C@H]2CCCCN2C)[C@@H](C)CC)OC(C)=O)n1.O=C=O. The van der Waals surface area contributed by atoms with Gasteiger partial charge < -0.3 is 49.3 Å². The summed E-state index contributed by atoms with van der Waals surface area (Å²) < 4.78 is 33.7. The molecule has 1 fully saturated rings. The Morgan fingerprint density at radius 2 is 1.59 bits per heavy atom. The fourth-order valence-corrected chi connectivity index (χ4v) is 10.1. The van der Waals surface area contributed by atoms with Crippen molar-refractivity contribution >= 4 is 70.3 Å². The van der Waals surface area contributed by atoms with E-state index in [4.69, 9.17) is 43.0 Å². The number of Topliss-reactive ketones (excluding diaryl/α,β-unsaturated/α-hetero) is 2. The van der Waals surface area contributed by atoms with E-state index in [1.165, 1.54) is 18.3 Å². The molecule has 3 heterocycles. The standard InChI is InChI=1S/C57H84N6O14S.CO2/c1-9-14-42(33-41-17-19-50-45(34-41)60-53(68)21-26-73-31-32-75-28-23-58-52(67)20-18-43(65)15-13-25-72-29-30-74-27-22-54(69)77-50)59-55(70)46-37-78-56(61-46)51(76-40(6)64)36-48(38(3)4)63(8)57(71)44(39(5)10-2)35-49(66)47-16-11-12-24-62(47)7;2-1-3/h17,19,34,37-39,42,44,47-48,51H,9-16,21-33,35-36H2,1-8H3,(H,58,67)(H,59,70)(H,60,68);/t39-,42+,44-,47+,48+,51+;/m0./s1. The number of nitrogens with one attached hydrogen (secondary N) is 3. The third-order valence-corrected chi connectivity index (χ3v) is 14.8. The maximum atomic E-state index is 14.4. The van der Waals surface area contributed by atoms with Crippen LogP contribution in [0.5, 0.6) is 5.75 Å². The minimum Gasteiger partial charge on any atom is -0.455 e. The van der Waals surface area contributed by atoms with E-state index in [1.807, 2.05) is 41.7 Å². The molecule has 0 bridgehead atoms. The first kappa shape index (κ1) is 69.0. The number of carbonyl (C=O) groups excluding carboxylic acids is 10. The third-order valence-electron chi connectivity index (χ3n) is 13.8. The number of hydrogen-bond donors (Lipinski definition) is 3. The second-order valence-electron chi connectivity index (χ2n) is 20.4. The van der Waals surface area contributed by atoms with Gasteiger partial charge in [-0.3, -0.25) is 43.3 Å². The van der Waals surface area contributed by atoms with Crippen molar-refractivity contribution in [1.29, 1.82) is 0 Å². The van der Waals surface area contributed by atoms with Crippen molar-refractivity contribution in [2.24, 2.45) is 17.8 Å². The average Bonchev–Trinajstić information content (AvgIpc) is 3.94. The Hall–Kier alpha value is -6.25. The lowest BCUT2D eigenvalue weighted by Crippen LogP contribution is -2.48. The van der Waals surface area contributed by atoms with Crippen molar-refractivity contribution in [3.8, 4) is 17.6 Å². The Kier molecular flexibility index (Phi) is 32.8. The zero-order valence-corrected chi connectivity index (χ0v) is 49.2. The second-order valence-corrected chi connectivity index (χ2v) is 21.3. The molecule has 1 aromatic heterocycles. The molecule has 3 N–H and O–H groups in total. The molecule has 448 valence electrons. The van der Waals surface area contributed by atoms with Gasteiger partial charge in [0.25, 0.3) is 11.8 Å². The quantitative estimate of drug-likeness (QED) is 0.0723. The third kappa shape index (κ3) is 26.0. The molecule has 2 aliphatic rings. The van der Waals surface area contributed by atoms with Gasteiger partial charge in [-0.15, -0.1) is 11.3 Å². The zero-order valence-electron chi connectivity index (χ0n) is 48.4. The number of likely N-dealkylation sites (N-methyl/N-ethyl adjacent to an activating group) is 1. The van der Waals surface area contributed by atoms with Crippen molar-refractivity contribution < 1.29 is 76.4 Å². The highest BCUT2D eigenvalue weighted by atomic mass is 32.1. The summed E-state index contributed by atoms with van der Waals surface area (Å²) in [5.41, 5.74) is 1.11. The average molecular weight is 1150 g/mol. The van der Waals surface area contributed by atoms with E-state index in [0.29, 0.717) is 24.3 Å². The molecule has 6 atom stereocenters. The number of likely N-dealkylation sites (tertiary alicyclic amines) is 1. The largest absolute Gasteiger partial charge is 0.455 e. The number of aromatic nitrogens is 1. The molecule has 1 aromatic carbocycles. The van der Waals surface area contributed by atoms with Crippen molar-refractivity contribution in [2.45, 2.75) is 149 Å². The maximum Gasteiger partial charge on any atom is 0.373 e. The molecular weight excluding hydrogens is 1070 g/mol. The monoisotopic (exact) mass is 1150 g/mol. The van der Waals surface area contributed by atoms with E-state index in [-0.39, 0.29) is 156 Å².